The Balaban J connectivity index is 1.94. The van der Waals surface area contributed by atoms with Gasteiger partial charge in [0, 0.05) is 18.2 Å². The SMILES string of the molecule is NC1CC(Nc2c(F)cc(F)cc2F)c2ccccc21. The molecule has 0 heterocycles. The van der Waals surface area contributed by atoms with E-state index in [1.165, 1.54) is 0 Å². The van der Waals surface area contributed by atoms with Gasteiger partial charge in [-0.3, -0.25) is 0 Å². The third-order valence-corrected chi connectivity index (χ3v) is 3.59. The summed E-state index contributed by atoms with van der Waals surface area (Å²) in [5, 5.41) is 2.79. The highest BCUT2D eigenvalue weighted by molar-refractivity contribution is 5.51. The number of hydrogen-bond acceptors (Lipinski definition) is 2. The Hall–Kier alpha value is -2.01. The highest BCUT2D eigenvalue weighted by Crippen LogP contribution is 2.39. The Morgan fingerprint density at radius 1 is 1.00 bits per heavy atom. The van der Waals surface area contributed by atoms with E-state index in [-0.39, 0.29) is 17.8 Å². The van der Waals surface area contributed by atoms with Crippen LogP contribution in [-0.2, 0) is 0 Å². The number of benzene rings is 2. The molecule has 0 radical (unpaired) electrons. The lowest BCUT2D eigenvalue weighted by molar-refractivity contribution is 0.541. The van der Waals surface area contributed by atoms with Crippen LogP contribution in [0.2, 0.25) is 0 Å². The van der Waals surface area contributed by atoms with E-state index < -0.39 is 17.5 Å². The van der Waals surface area contributed by atoms with Gasteiger partial charge in [-0.05, 0) is 17.5 Å². The minimum absolute atomic E-state index is 0.171. The first-order valence-corrected chi connectivity index (χ1v) is 6.31. The van der Waals surface area contributed by atoms with Crippen LogP contribution in [0.3, 0.4) is 0 Å². The highest BCUT2D eigenvalue weighted by atomic mass is 19.1. The van der Waals surface area contributed by atoms with Crippen molar-refractivity contribution in [1.29, 1.82) is 0 Å². The summed E-state index contributed by atoms with van der Waals surface area (Å²) in [6, 6.07) is 8.37. The molecular weight excluding hydrogens is 265 g/mol. The third-order valence-electron chi connectivity index (χ3n) is 3.59. The third kappa shape index (κ3) is 2.14. The molecule has 0 bridgehead atoms. The molecule has 1 aliphatic rings. The van der Waals surface area contributed by atoms with Gasteiger partial charge in [-0.1, -0.05) is 24.3 Å². The first-order valence-electron chi connectivity index (χ1n) is 6.31. The van der Waals surface area contributed by atoms with E-state index in [1.807, 2.05) is 24.3 Å². The second kappa shape index (κ2) is 4.83. The monoisotopic (exact) mass is 278 g/mol. The Morgan fingerprint density at radius 2 is 1.60 bits per heavy atom. The van der Waals surface area contributed by atoms with Crippen LogP contribution in [0, 0.1) is 17.5 Å². The number of nitrogens with two attached hydrogens (primary N) is 1. The lowest BCUT2D eigenvalue weighted by atomic mass is 10.1. The predicted octanol–water partition coefficient (Wildman–Crippen LogP) is 3.66. The van der Waals surface area contributed by atoms with E-state index in [2.05, 4.69) is 5.32 Å². The molecule has 0 aliphatic heterocycles. The van der Waals surface area contributed by atoms with Gasteiger partial charge in [0.15, 0.2) is 11.6 Å². The molecule has 0 fully saturated rings. The maximum absolute atomic E-state index is 13.7. The Labute approximate surface area is 114 Å². The predicted molar refractivity (Wildman–Crippen MR) is 70.7 cm³/mol. The zero-order chi connectivity index (χ0) is 14.3. The standard InChI is InChI=1S/C15H13F3N2/c16-8-5-11(17)15(12(18)6-8)20-14-7-13(19)9-3-1-2-4-10(9)14/h1-6,13-14,20H,7,19H2. The lowest BCUT2D eigenvalue weighted by Gasteiger charge is -2.16. The molecule has 0 saturated carbocycles. The maximum Gasteiger partial charge on any atom is 0.152 e. The number of anilines is 1. The molecule has 2 unspecified atom stereocenters. The van der Waals surface area contributed by atoms with Gasteiger partial charge in [-0.2, -0.15) is 0 Å². The first kappa shape index (κ1) is 13.0. The van der Waals surface area contributed by atoms with Crippen molar-refractivity contribution in [2.75, 3.05) is 5.32 Å². The molecule has 0 aromatic heterocycles. The van der Waals surface area contributed by atoms with Crippen LogP contribution >= 0.6 is 0 Å². The van der Waals surface area contributed by atoms with Gasteiger partial charge < -0.3 is 11.1 Å². The lowest BCUT2D eigenvalue weighted by Crippen LogP contribution is -2.12. The molecule has 104 valence electrons. The molecule has 2 aromatic carbocycles. The molecule has 2 atom stereocenters. The minimum atomic E-state index is -0.944. The van der Waals surface area contributed by atoms with Gasteiger partial charge >= 0.3 is 0 Å². The fourth-order valence-corrected chi connectivity index (χ4v) is 2.66. The quantitative estimate of drug-likeness (QED) is 0.879. The second-order valence-corrected chi connectivity index (χ2v) is 4.91. The van der Waals surface area contributed by atoms with E-state index in [0.717, 1.165) is 11.1 Å². The number of rotatable bonds is 2. The Morgan fingerprint density at radius 3 is 2.25 bits per heavy atom. The highest BCUT2D eigenvalue weighted by Gasteiger charge is 2.29. The zero-order valence-corrected chi connectivity index (χ0v) is 10.5. The molecule has 1 aliphatic carbocycles. The molecule has 2 aromatic rings. The molecular formula is C15H13F3N2. The van der Waals surface area contributed by atoms with Gasteiger partial charge in [0.05, 0.1) is 6.04 Å². The second-order valence-electron chi connectivity index (χ2n) is 4.91. The van der Waals surface area contributed by atoms with Crippen LogP contribution in [0.15, 0.2) is 36.4 Å². The average molecular weight is 278 g/mol. The summed E-state index contributed by atoms with van der Waals surface area (Å²) in [7, 11) is 0. The molecule has 0 amide bonds. The van der Waals surface area contributed by atoms with Crippen LogP contribution in [0.4, 0.5) is 18.9 Å². The van der Waals surface area contributed by atoms with Gasteiger partial charge in [-0.15, -0.1) is 0 Å². The van der Waals surface area contributed by atoms with Crippen molar-refractivity contribution in [2.45, 2.75) is 18.5 Å². The van der Waals surface area contributed by atoms with E-state index in [1.54, 1.807) is 0 Å². The smallest absolute Gasteiger partial charge is 0.152 e. The fraction of sp³-hybridized carbons (Fsp3) is 0.200. The van der Waals surface area contributed by atoms with Crippen LogP contribution in [0.5, 0.6) is 0 Å². The molecule has 2 nitrogen and oxygen atoms in total. The van der Waals surface area contributed by atoms with Crippen LogP contribution < -0.4 is 11.1 Å². The summed E-state index contributed by atoms with van der Waals surface area (Å²) in [5.41, 5.74) is 7.57. The topological polar surface area (TPSA) is 38.0 Å². The Bertz CT molecular complexity index is 634. The van der Waals surface area contributed by atoms with Gasteiger partial charge in [0.25, 0.3) is 0 Å². The number of fused-ring (bicyclic) bond motifs is 1. The first-order chi connectivity index (χ1) is 9.56. The van der Waals surface area contributed by atoms with Crippen molar-refractivity contribution in [1.82, 2.24) is 0 Å². The number of hydrogen-bond donors (Lipinski definition) is 2. The van der Waals surface area contributed by atoms with E-state index >= 15 is 0 Å². The van der Waals surface area contributed by atoms with E-state index in [9.17, 15) is 13.2 Å². The Kier molecular flexibility index (Phi) is 3.14. The fourth-order valence-electron chi connectivity index (χ4n) is 2.66. The van der Waals surface area contributed by atoms with E-state index in [4.69, 9.17) is 5.73 Å². The van der Waals surface area contributed by atoms with Gasteiger partial charge in [0.1, 0.15) is 11.5 Å². The normalized spacial score (nSPS) is 20.8. The van der Waals surface area contributed by atoms with Crippen molar-refractivity contribution in [2.24, 2.45) is 5.73 Å². The minimum Gasteiger partial charge on any atom is -0.373 e. The van der Waals surface area contributed by atoms with Crippen molar-refractivity contribution in [3.63, 3.8) is 0 Å². The molecule has 0 saturated heterocycles. The molecule has 3 rings (SSSR count). The van der Waals surface area contributed by atoms with E-state index in [0.29, 0.717) is 18.6 Å². The van der Waals surface area contributed by atoms with Crippen molar-refractivity contribution in [3.8, 4) is 0 Å². The molecule has 20 heavy (non-hydrogen) atoms. The summed E-state index contributed by atoms with van der Waals surface area (Å²) in [6.45, 7) is 0. The summed E-state index contributed by atoms with van der Waals surface area (Å²) >= 11 is 0. The zero-order valence-electron chi connectivity index (χ0n) is 10.5. The van der Waals surface area contributed by atoms with Crippen molar-refractivity contribution >= 4 is 5.69 Å². The molecule has 0 spiro atoms. The largest absolute Gasteiger partial charge is 0.373 e. The summed E-state index contributed by atoms with van der Waals surface area (Å²) in [4.78, 5) is 0. The average Bonchev–Trinajstić information content (AvgIpc) is 2.71. The summed E-state index contributed by atoms with van der Waals surface area (Å²) in [5.74, 6) is -2.82. The molecule has 3 N–H and O–H groups in total. The molecule has 5 heteroatoms. The van der Waals surface area contributed by atoms with Crippen LogP contribution in [0.1, 0.15) is 29.6 Å². The number of halogens is 3. The summed E-state index contributed by atoms with van der Waals surface area (Å²) < 4.78 is 40.2. The summed E-state index contributed by atoms with van der Waals surface area (Å²) in [6.07, 6.45) is 0.537. The van der Waals surface area contributed by atoms with Crippen molar-refractivity contribution < 1.29 is 13.2 Å². The number of nitrogens with one attached hydrogen (secondary N) is 1. The van der Waals surface area contributed by atoms with Crippen LogP contribution in [-0.4, -0.2) is 0 Å². The van der Waals surface area contributed by atoms with Crippen LogP contribution in [0.25, 0.3) is 0 Å². The van der Waals surface area contributed by atoms with Crippen molar-refractivity contribution in [3.05, 3.63) is 65.0 Å². The van der Waals surface area contributed by atoms with Gasteiger partial charge in [-0.25, -0.2) is 13.2 Å². The van der Waals surface area contributed by atoms with Gasteiger partial charge in [0.2, 0.25) is 0 Å². The maximum atomic E-state index is 13.7.